The lowest BCUT2D eigenvalue weighted by atomic mass is 9.92. The van der Waals surface area contributed by atoms with Crippen LogP contribution in [-0.2, 0) is 0 Å². The standard InChI is InChI=1S/C47H30N2O.C47H34N2O.C45H26N2O3/c1-3-11-34(12-4-1)47-48-43-28-24-33-20-19-31-21-27-39(30-42(31)45(33)46(43)50-47)49(37-15-5-2-6-16-37)38-25-22-32(23-26-38)44-40-17-9-7-13-35(40)29-36-14-8-10-18-41(36)44;1-31-27-32(2)29-39(28-31)35-17-23-41(24-18-35)49(40-21-15-34(16-22-40)33-9-5-3-6-10-33)42-25-19-36-13-14-37-20-26-44-46(45(37)43(36)30-42)50-47(48-44)38-11-7-4-8-12-38;1-2-9-28(10-3-1)45-46-37-24-18-27-17-21-31-36(43(27)44(37)50-45)13-8-14-38(31)47(29-19-22-34-32-11-4-6-15-39(32)48-41(34)25-29)30-20-23-35-33-12-5-7-16-40(33)49-42(35)26-30/h1-30H;3-30H,1-2H3;1-26H. The van der Waals surface area contributed by atoms with Crippen molar-refractivity contribution in [2.75, 3.05) is 14.7 Å². The Kier molecular flexibility index (Phi) is 21.5. The van der Waals surface area contributed by atoms with E-state index in [-0.39, 0.29) is 0 Å². The molecule has 0 bridgehead atoms. The van der Waals surface area contributed by atoms with Crippen LogP contribution >= 0.6 is 0 Å². The Balaban J connectivity index is 0.000000108. The molecule has 0 aliphatic rings. The van der Waals surface area contributed by atoms with Crippen molar-refractivity contribution in [2.24, 2.45) is 0 Å². The smallest absolute Gasteiger partial charge is 0.227 e. The summed E-state index contributed by atoms with van der Waals surface area (Å²) in [5.74, 6) is 1.87. The molecule has 0 saturated carbocycles. The largest absolute Gasteiger partial charge is 0.456 e. The summed E-state index contributed by atoms with van der Waals surface area (Å²) in [5, 5.41) is 22.6. The minimum Gasteiger partial charge on any atom is -0.456 e. The van der Waals surface area contributed by atoms with Gasteiger partial charge < -0.3 is 36.8 Å². The zero-order chi connectivity index (χ0) is 99.4. The fraction of sp³-hybridized carbons (Fsp3) is 0.0144. The molecule has 11 heteroatoms. The first-order valence-corrected chi connectivity index (χ1v) is 50.7. The molecule has 0 saturated heterocycles. The topological polar surface area (TPSA) is 114 Å². The summed E-state index contributed by atoms with van der Waals surface area (Å²) in [6.07, 6.45) is 0. The molecule has 5 aromatic heterocycles. The van der Waals surface area contributed by atoms with Gasteiger partial charge in [-0.25, -0.2) is 15.0 Å². The van der Waals surface area contributed by atoms with Gasteiger partial charge in [0.1, 0.15) is 38.9 Å². The Hall–Kier alpha value is -20.0. The molecule has 11 nitrogen and oxygen atoms in total. The van der Waals surface area contributed by atoms with Crippen molar-refractivity contribution in [3.05, 3.63) is 521 Å². The van der Waals surface area contributed by atoms with Crippen molar-refractivity contribution in [3.8, 4) is 67.7 Å². The van der Waals surface area contributed by atoms with Crippen LogP contribution in [0, 0.1) is 13.8 Å². The van der Waals surface area contributed by atoms with Crippen LogP contribution in [0.1, 0.15) is 11.1 Å². The Labute approximate surface area is 862 Å². The number of oxazole rings is 3. The van der Waals surface area contributed by atoms with Gasteiger partial charge >= 0.3 is 0 Å². The fourth-order valence-corrected chi connectivity index (χ4v) is 22.2. The van der Waals surface area contributed by atoms with Crippen LogP contribution in [0.3, 0.4) is 0 Å². The van der Waals surface area contributed by atoms with Gasteiger partial charge in [-0.15, -0.1) is 0 Å². The molecule has 0 unspecified atom stereocenters. The van der Waals surface area contributed by atoms with E-state index in [2.05, 4.69) is 417 Å². The quantitative estimate of drug-likeness (QED) is 0.0722. The maximum absolute atomic E-state index is 6.55. The summed E-state index contributed by atoms with van der Waals surface area (Å²) in [5.41, 5.74) is 30.5. The molecule has 0 atom stereocenters. The van der Waals surface area contributed by atoms with Crippen molar-refractivity contribution >= 4 is 215 Å². The third-order valence-electron chi connectivity index (χ3n) is 29.2. The summed E-state index contributed by atoms with van der Waals surface area (Å²) < 4.78 is 32.4. The Morgan fingerprint density at radius 2 is 0.480 bits per heavy atom. The molecule has 0 fully saturated rings. The van der Waals surface area contributed by atoms with Crippen LogP contribution in [0.15, 0.2) is 532 Å². The van der Waals surface area contributed by atoms with Gasteiger partial charge in [0.15, 0.2) is 16.7 Å². The monoisotopic (exact) mass is 1920 g/mol. The zero-order valence-electron chi connectivity index (χ0n) is 81.7. The molecule has 25 aromatic carbocycles. The minimum absolute atomic E-state index is 0.612. The first kappa shape index (κ1) is 87.8. The second kappa shape index (κ2) is 36.7. The first-order valence-electron chi connectivity index (χ1n) is 50.7. The van der Waals surface area contributed by atoms with E-state index in [9.17, 15) is 0 Å². The highest BCUT2D eigenvalue weighted by molar-refractivity contribution is 6.24. The van der Waals surface area contributed by atoms with E-state index < -0.39 is 0 Å². The second-order valence-corrected chi connectivity index (χ2v) is 38.5. The molecule has 5 heterocycles. The molecule has 0 aliphatic carbocycles. The molecule has 0 N–H and O–H groups in total. The number of aryl methyl sites for hydroxylation is 2. The average Bonchev–Trinajstić information content (AvgIpc) is 1.23. The van der Waals surface area contributed by atoms with Gasteiger partial charge in [-0.05, 0) is 288 Å². The predicted molar refractivity (Wildman–Crippen MR) is 623 cm³/mol. The lowest BCUT2D eigenvalue weighted by molar-refractivity contribution is 0.623. The minimum atomic E-state index is 0.612. The lowest BCUT2D eigenvalue weighted by Gasteiger charge is -2.27. The highest BCUT2D eigenvalue weighted by Crippen LogP contribution is 2.50. The van der Waals surface area contributed by atoms with Crippen molar-refractivity contribution in [1.82, 2.24) is 15.0 Å². The number of fused-ring (bicyclic) bond motifs is 23. The molecular weight excluding hydrogens is 1830 g/mol. The van der Waals surface area contributed by atoms with Gasteiger partial charge in [-0.3, -0.25) is 0 Å². The van der Waals surface area contributed by atoms with Crippen molar-refractivity contribution in [3.63, 3.8) is 0 Å². The maximum atomic E-state index is 6.55. The normalized spacial score (nSPS) is 11.7. The zero-order valence-corrected chi connectivity index (χ0v) is 81.7. The van der Waals surface area contributed by atoms with Gasteiger partial charge in [0, 0.05) is 117 Å². The summed E-state index contributed by atoms with van der Waals surface area (Å²) in [6, 6.07) is 179. The van der Waals surface area contributed by atoms with E-state index in [1.165, 1.54) is 66.1 Å². The van der Waals surface area contributed by atoms with Crippen LogP contribution < -0.4 is 14.7 Å². The summed E-state index contributed by atoms with van der Waals surface area (Å²) in [4.78, 5) is 21.6. The molecular formula is C139H90N6O5. The van der Waals surface area contributed by atoms with Crippen molar-refractivity contribution in [2.45, 2.75) is 13.8 Å². The molecule has 150 heavy (non-hydrogen) atoms. The van der Waals surface area contributed by atoms with E-state index in [1.54, 1.807) is 0 Å². The molecule has 30 aromatic rings. The number of aromatic nitrogens is 3. The van der Waals surface area contributed by atoms with Crippen molar-refractivity contribution in [1.29, 1.82) is 0 Å². The first-order chi connectivity index (χ1) is 74.1. The second-order valence-electron chi connectivity index (χ2n) is 38.5. The SMILES string of the molecule is Cc1cc(C)cc(-c2ccc(N(c3ccc(-c4ccccc4)cc3)c3ccc4ccc5ccc6nc(-c7ccccc7)oc6c5c4c3)cc2)c1.c1ccc(-c2nc3ccc4ccc5c(N(c6ccc7c(c6)oc6ccccc67)c6ccc7c(c6)oc6ccccc67)cccc5c4c3o2)cc1.c1ccc(-c2nc3ccc4ccc5ccc(N(c6ccccc6)c6ccc(-c7c8ccccc8cc8ccccc78)cc6)cc5c4c3o2)cc1. The number of anilines is 9. The predicted octanol–water partition coefficient (Wildman–Crippen LogP) is 39.5. The molecule has 0 aliphatic heterocycles. The van der Waals surface area contributed by atoms with Crippen LogP contribution in [0.25, 0.3) is 231 Å². The van der Waals surface area contributed by atoms with E-state index in [1.807, 2.05) is 121 Å². The highest BCUT2D eigenvalue weighted by Gasteiger charge is 2.27. The van der Waals surface area contributed by atoms with Gasteiger partial charge in [-0.2, -0.15) is 0 Å². The number of para-hydroxylation sites is 3. The van der Waals surface area contributed by atoms with E-state index in [0.29, 0.717) is 17.7 Å². The third-order valence-corrected chi connectivity index (χ3v) is 29.2. The number of benzene rings is 25. The van der Waals surface area contributed by atoms with E-state index >= 15 is 0 Å². The van der Waals surface area contributed by atoms with Crippen LogP contribution in [0.5, 0.6) is 0 Å². The third kappa shape index (κ3) is 15.8. The number of nitrogens with zero attached hydrogens (tertiary/aromatic N) is 6. The number of furan rings is 2. The Morgan fingerprint density at radius 1 is 0.167 bits per heavy atom. The summed E-state index contributed by atoms with van der Waals surface area (Å²) in [6.45, 7) is 4.31. The highest BCUT2D eigenvalue weighted by atomic mass is 16.4. The number of hydrogen-bond donors (Lipinski definition) is 0. The molecule has 0 radical (unpaired) electrons. The Bertz CT molecular complexity index is 10300. The molecule has 0 spiro atoms. The fourth-order valence-electron chi connectivity index (χ4n) is 22.2. The number of hydrogen-bond acceptors (Lipinski definition) is 11. The average molecular weight is 1920 g/mol. The molecule has 30 rings (SSSR count). The molecule has 706 valence electrons. The van der Waals surface area contributed by atoms with Crippen molar-refractivity contribution < 1.29 is 22.1 Å². The van der Waals surface area contributed by atoms with E-state index in [0.717, 1.165) is 210 Å². The number of rotatable bonds is 15. The van der Waals surface area contributed by atoms with Gasteiger partial charge in [0.2, 0.25) is 17.7 Å². The molecule has 0 amide bonds. The summed E-state index contributed by atoms with van der Waals surface area (Å²) in [7, 11) is 0. The van der Waals surface area contributed by atoms with Gasteiger partial charge in [0.25, 0.3) is 0 Å². The summed E-state index contributed by atoms with van der Waals surface area (Å²) >= 11 is 0. The van der Waals surface area contributed by atoms with Crippen LogP contribution in [0.2, 0.25) is 0 Å². The van der Waals surface area contributed by atoms with Gasteiger partial charge in [-0.1, -0.05) is 333 Å². The van der Waals surface area contributed by atoms with E-state index in [4.69, 9.17) is 37.0 Å². The Morgan fingerprint density at radius 3 is 0.933 bits per heavy atom. The van der Waals surface area contributed by atoms with Crippen LogP contribution in [-0.4, -0.2) is 15.0 Å². The van der Waals surface area contributed by atoms with Gasteiger partial charge in [0.05, 0.1) is 5.69 Å². The van der Waals surface area contributed by atoms with Crippen LogP contribution in [0.4, 0.5) is 51.2 Å². The maximum Gasteiger partial charge on any atom is 0.227 e. The lowest BCUT2D eigenvalue weighted by Crippen LogP contribution is -2.10.